The lowest BCUT2D eigenvalue weighted by Crippen LogP contribution is -1.97. The molecule has 0 amide bonds. The standard InChI is InChI=1S/C10H14N2O3S/c1-15-4-5-16-7-8-2-3-10(12(13)14)9(11)6-8/h2-3,6H,4-5,7,11H2,1H3. The first-order valence-electron chi connectivity index (χ1n) is 4.74. The second-order valence-corrected chi connectivity index (χ2v) is 4.30. The lowest BCUT2D eigenvalue weighted by molar-refractivity contribution is -0.383. The molecular weight excluding hydrogens is 228 g/mol. The number of rotatable bonds is 6. The molecular formula is C10H14N2O3S. The van der Waals surface area contributed by atoms with Gasteiger partial charge in [-0.25, -0.2) is 0 Å². The van der Waals surface area contributed by atoms with Crippen LogP contribution < -0.4 is 5.73 Å². The Morgan fingerprint density at radius 1 is 1.56 bits per heavy atom. The third kappa shape index (κ3) is 3.71. The van der Waals surface area contributed by atoms with Crippen LogP contribution in [-0.2, 0) is 10.5 Å². The van der Waals surface area contributed by atoms with Gasteiger partial charge in [0, 0.05) is 24.7 Å². The number of hydrogen-bond donors (Lipinski definition) is 1. The van der Waals surface area contributed by atoms with Crippen LogP contribution in [0.1, 0.15) is 5.56 Å². The predicted octanol–water partition coefficient (Wildman–Crippen LogP) is 2.06. The highest BCUT2D eigenvalue weighted by molar-refractivity contribution is 7.98. The summed E-state index contributed by atoms with van der Waals surface area (Å²) in [5.74, 6) is 1.68. The van der Waals surface area contributed by atoms with E-state index in [-0.39, 0.29) is 11.4 Å². The first-order chi connectivity index (χ1) is 7.65. The molecule has 16 heavy (non-hydrogen) atoms. The van der Waals surface area contributed by atoms with Crippen LogP contribution in [0, 0.1) is 10.1 Å². The molecule has 0 saturated heterocycles. The van der Waals surface area contributed by atoms with Crippen molar-refractivity contribution in [2.45, 2.75) is 5.75 Å². The van der Waals surface area contributed by atoms with Crippen LogP contribution >= 0.6 is 11.8 Å². The Kier molecular flexibility index (Phi) is 5.07. The van der Waals surface area contributed by atoms with Crippen LogP contribution in [0.2, 0.25) is 0 Å². The van der Waals surface area contributed by atoms with Crippen LogP contribution in [0.15, 0.2) is 18.2 Å². The molecule has 0 bridgehead atoms. The van der Waals surface area contributed by atoms with Crippen molar-refractivity contribution in [1.29, 1.82) is 0 Å². The molecule has 0 fully saturated rings. The fourth-order valence-corrected chi connectivity index (χ4v) is 2.04. The van der Waals surface area contributed by atoms with Gasteiger partial charge < -0.3 is 10.5 Å². The Bertz CT molecular complexity index is 371. The van der Waals surface area contributed by atoms with Gasteiger partial charge in [-0.05, 0) is 11.6 Å². The summed E-state index contributed by atoms with van der Waals surface area (Å²) >= 11 is 1.70. The zero-order chi connectivity index (χ0) is 12.0. The average molecular weight is 242 g/mol. The van der Waals surface area contributed by atoms with Crippen LogP contribution in [0.5, 0.6) is 0 Å². The van der Waals surface area contributed by atoms with Crippen molar-refractivity contribution in [1.82, 2.24) is 0 Å². The van der Waals surface area contributed by atoms with Gasteiger partial charge in [-0.2, -0.15) is 11.8 Å². The lowest BCUT2D eigenvalue weighted by Gasteiger charge is -2.03. The van der Waals surface area contributed by atoms with Gasteiger partial charge in [-0.1, -0.05) is 6.07 Å². The largest absolute Gasteiger partial charge is 0.393 e. The molecule has 0 radical (unpaired) electrons. The minimum Gasteiger partial charge on any atom is -0.393 e. The number of methoxy groups -OCH3 is 1. The van der Waals surface area contributed by atoms with E-state index in [1.165, 1.54) is 6.07 Å². The van der Waals surface area contributed by atoms with Crippen LogP contribution in [0.4, 0.5) is 11.4 Å². The van der Waals surface area contributed by atoms with Crippen molar-refractivity contribution in [3.8, 4) is 0 Å². The Morgan fingerprint density at radius 2 is 2.31 bits per heavy atom. The molecule has 5 nitrogen and oxygen atoms in total. The molecule has 1 aromatic rings. The van der Waals surface area contributed by atoms with Crippen molar-refractivity contribution in [2.75, 3.05) is 25.2 Å². The molecule has 0 aliphatic heterocycles. The van der Waals surface area contributed by atoms with E-state index >= 15 is 0 Å². The minimum absolute atomic E-state index is 0.0364. The van der Waals surface area contributed by atoms with E-state index in [4.69, 9.17) is 10.5 Å². The predicted molar refractivity (Wildman–Crippen MR) is 65.5 cm³/mol. The minimum atomic E-state index is -0.475. The van der Waals surface area contributed by atoms with Crippen molar-refractivity contribution >= 4 is 23.1 Å². The normalized spacial score (nSPS) is 10.3. The number of nitro groups is 1. The SMILES string of the molecule is COCCSCc1ccc([N+](=O)[O-])c(N)c1. The molecule has 2 N–H and O–H groups in total. The Morgan fingerprint density at radius 3 is 2.88 bits per heavy atom. The number of anilines is 1. The molecule has 1 aromatic carbocycles. The Balaban J connectivity index is 2.56. The van der Waals surface area contributed by atoms with Gasteiger partial charge in [0.1, 0.15) is 5.69 Å². The monoisotopic (exact) mass is 242 g/mol. The summed E-state index contributed by atoms with van der Waals surface area (Å²) < 4.78 is 4.92. The van der Waals surface area contributed by atoms with Crippen molar-refractivity contribution in [3.05, 3.63) is 33.9 Å². The second kappa shape index (κ2) is 6.34. The molecule has 0 aromatic heterocycles. The number of thioether (sulfide) groups is 1. The molecule has 0 spiro atoms. The number of benzene rings is 1. The molecule has 0 aliphatic rings. The zero-order valence-electron chi connectivity index (χ0n) is 9.01. The average Bonchev–Trinajstić information content (AvgIpc) is 2.24. The highest BCUT2D eigenvalue weighted by atomic mass is 32.2. The van der Waals surface area contributed by atoms with Gasteiger partial charge in [0.05, 0.1) is 11.5 Å². The summed E-state index contributed by atoms with van der Waals surface area (Å²) in [5.41, 5.74) is 6.75. The molecule has 88 valence electrons. The maximum Gasteiger partial charge on any atom is 0.292 e. The second-order valence-electron chi connectivity index (χ2n) is 3.20. The van der Waals surface area contributed by atoms with Gasteiger partial charge in [0.25, 0.3) is 5.69 Å². The van der Waals surface area contributed by atoms with E-state index in [1.54, 1.807) is 31.0 Å². The van der Waals surface area contributed by atoms with Crippen LogP contribution in [0.25, 0.3) is 0 Å². The van der Waals surface area contributed by atoms with E-state index in [9.17, 15) is 10.1 Å². The fraction of sp³-hybridized carbons (Fsp3) is 0.400. The Labute approximate surface area is 98.1 Å². The number of nitrogen functional groups attached to an aromatic ring is 1. The number of ether oxygens (including phenoxy) is 1. The molecule has 6 heteroatoms. The van der Waals surface area contributed by atoms with Gasteiger partial charge in [0.2, 0.25) is 0 Å². The summed E-state index contributed by atoms with van der Waals surface area (Å²) in [4.78, 5) is 10.1. The number of nitro benzene ring substituents is 1. The van der Waals surface area contributed by atoms with E-state index in [2.05, 4.69) is 0 Å². The fourth-order valence-electron chi connectivity index (χ4n) is 1.19. The number of hydrogen-bond acceptors (Lipinski definition) is 5. The number of nitrogens with zero attached hydrogens (tertiary/aromatic N) is 1. The van der Waals surface area contributed by atoms with Gasteiger partial charge >= 0.3 is 0 Å². The number of nitrogens with two attached hydrogens (primary N) is 1. The van der Waals surface area contributed by atoms with Gasteiger partial charge in [-0.15, -0.1) is 0 Å². The molecule has 0 heterocycles. The Hall–Kier alpha value is -1.27. The molecule has 0 aliphatic carbocycles. The van der Waals surface area contributed by atoms with Crippen molar-refractivity contribution in [2.24, 2.45) is 0 Å². The topological polar surface area (TPSA) is 78.4 Å². The summed E-state index contributed by atoms with van der Waals surface area (Å²) in [6.07, 6.45) is 0. The first kappa shape index (κ1) is 12.8. The van der Waals surface area contributed by atoms with Crippen molar-refractivity contribution < 1.29 is 9.66 Å². The third-order valence-corrected chi connectivity index (χ3v) is 2.98. The first-order valence-corrected chi connectivity index (χ1v) is 5.90. The highest BCUT2D eigenvalue weighted by Crippen LogP contribution is 2.24. The van der Waals surface area contributed by atoms with Crippen LogP contribution in [0.3, 0.4) is 0 Å². The quantitative estimate of drug-likeness (QED) is 0.357. The van der Waals surface area contributed by atoms with Gasteiger partial charge in [-0.3, -0.25) is 10.1 Å². The third-order valence-electron chi connectivity index (χ3n) is 1.99. The summed E-state index contributed by atoms with van der Waals surface area (Å²) in [5, 5.41) is 10.5. The molecule has 0 saturated carbocycles. The molecule has 0 atom stereocenters. The highest BCUT2D eigenvalue weighted by Gasteiger charge is 2.10. The summed E-state index contributed by atoms with van der Waals surface area (Å²) in [7, 11) is 1.66. The summed E-state index contributed by atoms with van der Waals surface area (Å²) in [6, 6.07) is 4.83. The maximum absolute atomic E-state index is 10.5. The maximum atomic E-state index is 10.5. The lowest BCUT2D eigenvalue weighted by atomic mass is 10.2. The zero-order valence-corrected chi connectivity index (χ0v) is 9.83. The molecule has 0 unspecified atom stereocenters. The summed E-state index contributed by atoms with van der Waals surface area (Å²) in [6.45, 7) is 0.702. The van der Waals surface area contributed by atoms with Gasteiger partial charge in [0.15, 0.2) is 0 Å². The smallest absolute Gasteiger partial charge is 0.292 e. The van der Waals surface area contributed by atoms with E-state index in [0.29, 0.717) is 6.61 Å². The van der Waals surface area contributed by atoms with E-state index < -0.39 is 4.92 Å². The van der Waals surface area contributed by atoms with E-state index in [0.717, 1.165) is 17.1 Å². The molecule has 1 rings (SSSR count). The van der Waals surface area contributed by atoms with Crippen molar-refractivity contribution in [3.63, 3.8) is 0 Å². The van der Waals surface area contributed by atoms with E-state index in [1.807, 2.05) is 0 Å². The van der Waals surface area contributed by atoms with Crippen LogP contribution in [-0.4, -0.2) is 24.4 Å².